The van der Waals surface area contributed by atoms with E-state index in [1.54, 1.807) is 0 Å². The van der Waals surface area contributed by atoms with Gasteiger partial charge in [0.2, 0.25) is 5.88 Å². The van der Waals surface area contributed by atoms with Crippen molar-refractivity contribution in [3.63, 3.8) is 0 Å². The molecule has 0 aliphatic rings. The minimum atomic E-state index is -1.20. The first kappa shape index (κ1) is 27.0. The van der Waals surface area contributed by atoms with Gasteiger partial charge in [0.1, 0.15) is 0 Å². The fraction of sp³-hybridized carbons (Fsp3) is 0.212. The molecule has 2 atom stereocenters. The quantitative estimate of drug-likeness (QED) is 0.135. The van der Waals surface area contributed by atoms with Gasteiger partial charge < -0.3 is 14.7 Å². The van der Waals surface area contributed by atoms with Crippen LogP contribution in [-0.2, 0) is 6.42 Å². The summed E-state index contributed by atoms with van der Waals surface area (Å²) in [5.74, 6) is -0.140. The van der Waals surface area contributed by atoms with Gasteiger partial charge in [-0.1, -0.05) is 88.7 Å². The molecule has 5 aromatic rings. The largest absolute Gasteiger partial charge is 0.428 e. The average Bonchev–Trinajstić information content (AvgIpc) is 2.93. The molecule has 0 aliphatic carbocycles. The lowest BCUT2D eigenvalue weighted by atomic mass is 9.72. The minimum absolute atomic E-state index is 0.329. The first-order valence-corrected chi connectivity index (χ1v) is 13.8. The number of fused-ring (bicyclic) bond motifs is 2. The van der Waals surface area contributed by atoms with Crippen LogP contribution in [-0.4, -0.2) is 47.6 Å². The zero-order chi connectivity index (χ0) is 27.4. The summed E-state index contributed by atoms with van der Waals surface area (Å²) in [4.78, 5) is 6.90. The van der Waals surface area contributed by atoms with Crippen LogP contribution in [0.3, 0.4) is 0 Å². The summed E-state index contributed by atoms with van der Waals surface area (Å²) in [6.07, 6.45) is 1.85. The molecule has 2 N–H and O–H groups in total. The Balaban J connectivity index is 1.75. The van der Waals surface area contributed by atoms with Crippen LogP contribution in [0.25, 0.3) is 21.7 Å². The zero-order valence-corrected chi connectivity index (χ0v) is 23.7. The molecule has 0 radical (unpaired) electrons. The summed E-state index contributed by atoms with van der Waals surface area (Å²) in [5.41, 5.74) is 2.36. The van der Waals surface area contributed by atoms with E-state index < -0.39 is 11.5 Å². The van der Waals surface area contributed by atoms with E-state index in [0.717, 1.165) is 49.2 Å². The maximum absolute atomic E-state index is 12.9. The van der Waals surface area contributed by atoms with Crippen LogP contribution in [0.15, 0.2) is 102 Å². The number of rotatable bonds is 10. The Morgan fingerprint density at radius 2 is 1.69 bits per heavy atom. The molecule has 0 fully saturated rings. The number of hydrogen-bond donors (Lipinski definition) is 2. The van der Waals surface area contributed by atoms with Gasteiger partial charge in [-0.3, -0.25) is 5.41 Å². The molecule has 0 saturated heterocycles. The van der Waals surface area contributed by atoms with Gasteiger partial charge >= 0.3 is 0 Å². The SMILES string of the molecule is CN(C)CCC(O)(Cc1cccc2ccccc12)C(c1ccccc1)c1cc2cc(Br)ccc2nc1OC=N. The molecule has 5 nitrogen and oxygen atoms in total. The van der Waals surface area contributed by atoms with Crippen molar-refractivity contribution in [2.75, 3.05) is 20.6 Å². The molecule has 0 bridgehead atoms. The van der Waals surface area contributed by atoms with Gasteiger partial charge in [-0.15, -0.1) is 0 Å². The molecule has 0 saturated carbocycles. The number of nitrogens with zero attached hydrogens (tertiary/aromatic N) is 2. The average molecular weight is 583 g/mol. The first-order chi connectivity index (χ1) is 18.9. The van der Waals surface area contributed by atoms with E-state index in [1.165, 1.54) is 0 Å². The van der Waals surface area contributed by atoms with Crippen molar-refractivity contribution in [3.8, 4) is 5.88 Å². The molecule has 39 heavy (non-hydrogen) atoms. The summed E-state index contributed by atoms with van der Waals surface area (Å²) < 4.78 is 6.66. The molecule has 1 aromatic heterocycles. The molecule has 0 aliphatic heterocycles. The number of nitrogens with one attached hydrogen (secondary N) is 1. The molecule has 2 unspecified atom stereocenters. The molecule has 0 amide bonds. The van der Waals surface area contributed by atoms with E-state index in [1.807, 2.05) is 80.8 Å². The zero-order valence-electron chi connectivity index (χ0n) is 22.1. The number of aromatic nitrogens is 1. The number of halogens is 1. The number of benzene rings is 4. The Hall–Kier alpha value is -3.58. The highest BCUT2D eigenvalue weighted by atomic mass is 79.9. The van der Waals surface area contributed by atoms with E-state index in [0.29, 0.717) is 25.3 Å². The van der Waals surface area contributed by atoms with Gasteiger partial charge in [0.15, 0.2) is 6.40 Å². The second kappa shape index (κ2) is 11.7. The van der Waals surface area contributed by atoms with Crippen LogP contribution >= 0.6 is 15.9 Å². The number of hydrogen-bond acceptors (Lipinski definition) is 5. The van der Waals surface area contributed by atoms with Crippen LogP contribution in [0.5, 0.6) is 5.88 Å². The standard InChI is InChI=1S/C33H32BrN3O2/c1-37(2)18-17-33(38,21-25-13-8-12-23-9-6-7-14-28(23)25)31(24-10-4-3-5-11-24)29-20-26-19-27(34)15-16-30(26)36-32(29)39-22-35/h3-16,19-20,22,31,35,38H,17-18,21H2,1-2H3. The third-order valence-electron chi connectivity index (χ3n) is 7.29. The van der Waals surface area contributed by atoms with Crippen molar-refractivity contribution in [2.24, 2.45) is 0 Å². The van der Waals surface area contributed by atoms with Crippen LogP contribution in [0.4, 0.5) is 0 Å². The van der Waals surface area contributed by atoms with E-state index in [-0.39, 0.29) is 0 Å². The van der Waals surface area contributed by atoms with Gasteiger partial charge in [-0.05, 0) is 66.7 Å². The fourth-order valence-electron chi connectivity index (χ4n) is 5.46. The first-order valence-electron chi connectivity index (χ1n) is 13.0. The Morgan fingerprint density at radius 1 is 0.949 bits per heavy atom. The van der Waals surface area contributed by atoms with Crippen LogP contribution in [0, 0.1) is 5.41 Å². The highest BCUT2D eigenvalue weighted by Crippen LogP contribution is 2.44. The third kappa shape index (κ3) is 5.88. The smallest absolute Gasteiger partial charge is 0.225 e. The normalized spacial score (nSPS) is 13.9. The molecule has 4 aromatic carbocycles. The summed E-state index contributed by atoms with van der Waals surface area (Å²) in [6.45, 7) is 0.692. The van der Waals surface area contributed by atoms with E-state index in [9.17, 15) is 5.11 Å². The van der Waals surface area contributed by atoms with Crippen molar-refractivity contribution in [3.05, 3.63) is 118 Å². The van der Waals surface area contributed by atoms with Crippen LogP contribution in [0.2, 0.25) is 0 Å². The Kier molecular flexibility index (Phi) is 8.07. The topological polar surface area (TPSA) is 69.4 Å². The lowest BCUT2D eigenvalue weighted by Crippen LogP contribution is -2.42. The monoisotopic (exact) mass is 581 g/mol. The minimum Gasteiger partial charge on any atom is -0.428 e. The van der Waals surface area contributed by atoms with Crippen LogP contribution < -0.4 is 4.74 Å². The second-order valence-corrected chi connectivity index (χ2v) is 11.2. The van der Waals surface area contributed by atoms with Gasteiger partial charge in [-0.2, -0.15) is 0 Å². The second-order valence-electron chi connectivity index (χ2n) is 10.3. The van der Waals surface area contributed by atoms with Gasteiger partial charge in [0.25, 0.3) is 0 Å². The van der Waals surface area contributed by atoms with Gasteiger partial charge in [0.05, 0.1) is 11.1 Å². The molecule has 198 valence electrons. The maximum Gasteiger partial charge on any atom is 0.225 e. The Labute approximate surface area is 237 Å². The highest BCUT2D eigenvalue weighted by Gasteiger charge is 2.41. The lowest BCUT2D eigenvalue weighted by molar-refractivity contribution is 0.00925. The van der Waals surface area contributed by atoms with E-state index in [2.05, 4.69) is 51.2 Å². The van der Waals surface area contributed by atoms with Gasteiger partial charge in [0, 0.05) is 34.3 Å². The molecular formula is C33H32BrN3O2. The predicted octanol–water partition coefficient (Wildman–Crippen LogP) is 7.19. The highest BCUT2D eigenvalue weighted by molar-refractivity contribution is 9.10. The molecule has 6 heteroatoms. The molecule has 0 spiro atoms. The maximum atomic E-state index is 12.9. The van der Waals surface area contributed by atoms with Gasteiger partial charge in [-0.25, -0.2) is 4.98 Å². The molecule has 1 heterocycles. The summed E-state index contributed by atoms with van der Waals surface area (Å²) in [7, 11) is 4.04. The predicted molar refractivity (Wildman–Crippen MR) is 163 cm³/mol. The Morgan fingerprint density at radius 3 is 2.46 bits per heavy atom. The number of pyridine rings is 1. The number of aliphatic hydroxyl groups is 1. The number of ether oxygens (including phenoxy) is 1. The summed E-state index contributed by atoms with van der Waals surface area (Å²) in [5, 5.41) is 23.8. The van der Waals surface area contributed by atoms with Crippen LogP contribution in [0.1, 0.15) is 29.0 Å². The van der Waals surface area contributed by atoms with E-state index in [4.69, 9.17) is 15.1 Å². The van der Waals surface area contributed by atoms with Crippen molar-refractivity contribution in [1.29, 1.82) is 5.41 Å². The summed E-state index contributed by atoms with van der Waals surface area (Å²) in [6, 6.07) is 32.6. The molecule has 5 rings (SSSR count). The van der Waals surface area contributed by atoms with Crippen molar-refractivity contribution in [2.45, 2.75) is 24.4 Å². The lowest BCUT2D eigenvalue weighted by Gasteiger charge is -2.39. The molecular weight excluding hydrogens is 550 g/mol. The van der Waals surface area contributed by atoms with Crippen molar-refractivity contribution >= 4 is 44.0 Å². The third-order valence-corrected chi connectivity index (χ3v) is 7.78. The fourth-order valence-corrected chi connectivity index (χ4v) is 5.84. The van der Waals surface area contributed by atoms with Crippen molar-refractivity contribution in [1.82, 2.24) is 9.88 Å². The van der Waals surface area contributed by atoms with Crippen molar-refractivity contribution < 1.29 is 9.84 Å². The Bertz CT molecular complexity index is 1600. The summed E-state index contributed by atoms with van der Waals surface area (Å²) >= 11 is 3.59. The van der Waals surface area contributed by atoms with E-state index >= 15 is 0 Å².